The third-order valence-electron chi connectivity index (χ3n) is 1.79. The number of rotatable bonds is 2. The average molecular weight is 191 g/mol. The van der Waals surface area contributed by atoms with Crippen LogP contribution in [-0.4, -0.2) is 27.8 Å². The Hall–Kier alpha value is -1.91. The molecule has 0 radical (unpaired) electrons. The fraction of sp³-hybridized carbons (Fsp3) is 0.222. The van der Waals surface area contributed by atoms with Gasteiger partial charge in [0.1, 0.15) is 0 Å². The van der Waals surface area contributed by atoms with Gasteiger partial charge in [-0.1, -0.05) is 0 Å². The number of esters is 1. The van der Waals surface area contributed by atoms with Gasteiger partial charge in [-0.3, -0.25) is 5.10 Å². The van der Waals surface area contributed by atoms with Crippen LogP contribution in [0.3, 0.4) is 0 Å². The molecule has 0 aromatic carbocycles. The number of aromatic amines is 1. The van der Waals surface area contributed by atoms with Crippen LogP contribution < -0.4 is 0 Å². The molecule has 5 nitrogen and oxygen atoms in total. The van der Waals surface area contributed by atoms with Crippen LogP contribution in [0.4, 0.5) is 0 Å². The van der Waals surface area contributed by atoms with E-state index in [1.807, 2.05) is 0 Å². The molecule has 0 bridgehead atoms. The van der Waals surface area contributed by atoms with Crippen molar-refractivity contribution < 1.29 is 9.53 Å². The SMILES string of the molecule is CCOC(=O)c1ccc2cn[nH]c2n1. The van der Waals surface area contributed by atoms with Gasteiger partial charge in [-0.25, -0.2) is 9.78 Å². The van der Waals surface area contributed by atoms with Gasteiger partial charge in [0.25, 0.3) is 0 Å². The van der Waals surface area contributed by atoms with E-state index in [9.17, 15) is 4.79 Å². The molecule has 0 aliphatic carbocycles. The van der Waals surface area contributed by atoms with Crippen LogP contribution in [0.25, 0.3) is 11.0 Å². The molecule has 0 aliphatic rings. The molecule has 14 heavy (non-hydrogen) atoms. The first-order valence-electron chi connectivity index (χ1n) is 4.28. The second-order valence-electron chi connectivity index (χ2n) is 2.72. The highest BCUT2D eigenvalue weighted by molar-refractivity contribution is 5.90. The summed E-state index contributed by atoms with van der Waals surface area (Å²) in [7, 11) is 0. The first kappa shape index (κ1) is 8.68. The van der Waals surface area contributed by atoms with Crippen molar-refractivity contribution in [3.05, 3.63) is 24.0 Å². The molecule has 0 saturated heterocycles. The van der Waals surface area contributed by atoms with Crippen LogP contribution in [0.1, 0.15) is 17.4 Å². The van der Waals surface area contributed by atoms with Gasteiger partial charge in [0.05, 0.1) is 12.8 Å². The van der Waals surface area contributed by atoms with Gasteiger partial charge < -0.3 is 4.74 Å². The normalized spacial score (nSPS) is 10.4. The fourth-order valence-electron chi connectivity index (χ4n) is 1.15. The van der Waals surface area contributed by atoms with Gasteiger partial charge in [0.15, 0.2) is 11.3 Å². The van der Waals surface area contributed by atoms with Crippen molar-refractivity contribution in [3.63, 3.8) is 0 Å². The number of fused-ring (bicyclic) bond motifs is 1. The lowest BCUT2D eigenvalue weighted by molar-refractivity contribution is 0.0520. The summed E-state index contributed by atoms with van der Waals surface area (Å²) in [4.78, 5) is 15.4. The molecule has 0 aliphatic heterocycles. The molecule has 2 aromatic rings. The predicted molar refractivity (Wildman–Crippen MR) is 49.8 cm³/mol. The summed E-state index contributed by atoms with van der Waals surface area (Å²) in [5.41, 5.74) is 0.888. The number of carbonyl (C=O) groups is 1. The van der Waals surface area contributed by atoms with E-state index in [4.69, 9.17) is 4.74 Å². The lowest BCUT2D eigenvalue weighted by Gasteiger charge is -1.99. The van der Waals surface area contributed by atoms with Crippen molar-refractivity contribution in [1.29, 1.82) is 0 Å². The van der Waals surface area contributed by atoms with Gasteiger partial charge in [-0.15, -0.1) is 0 Å². The topological polar surface area (TPSA) is 67.9 Å². The molecular formula is C9H9N3O2. The molecule has 0 amide bonds. The molecule has 0 atom stereocenters. The smallest absolute Gasteiger partial charge is 0.357 e. The summed E-state index contributed by atoms with van der Waals surface area (Å²) in [6.45, 7) is 2.11. The molecule has 0 unspecified atom stereocenters. The van der Waals surface area contributed by atoms with E-state index in [2.05, 4.69) is 15.2 Å². The summed E-state index contributed by atoms with van der Waals surface area (Å²) in [5, 5.41) is 7.37. The number of nitrogens with one attached hydrogen (secondary N) is 1. The Balaban J connectivity index is 2.38. The monoisotopic (exact) mass is 191 g/mol. The number of hydrogen-bond acceptors (Lipinski definition) is 4. The maximum Gasteiger partial charge on any atom is 0.357 e. The van der Waals surface area contributed by atoms with Crippen molar-refractivity contribution in [3.8, 4) is 0 Å². The zero-order valence-corrected chi connectivity index (χ0v) is 7.65. The number of pyridine rings is 1. The van der Waals surface area contributed by atoms with Crippen LogP contribution in [0.2, 0.25) is 0 Å². The summed E-state index contributed by atoms with van der Waals surface area (Å²) >= 11 is 0. The van der Waals surface area contributed by atoms with Gasteiger partial charge in [0.2, 0.25) is 0 Å². The standard InChI is InChI=1S/C9H9N3O2/c1-2-14-9(13)7-4-3-6-5-10-12-8(6)11-7/h3-5H,2H2,1H3,(H,10,11,12). The Labute approximate surface area is 80.1 Å². The van der Waals surface area contributed by atoms with Gasteiger partial charge in [-0.05, 0) is 19.1 Å². The molecule has 0 spiro atoms. The van der Waals surface area contributed by atoms with Gasteiger partial charge in [-0.2, -0.15) is 5.10 Å². The van der Waals surface area contributed by atoms with Crippen LogP contribution in [0.15, 0.2) is 18.3 Å². The highest BCUT2D eigenvalue weighted by Gasteiger charge is 2.08. The van der Waals surface area contributed by atoms with Crippen LogP contribution in [0, 0.1) is 0 Å². The van der Waals surface area contributed by atoms with Crippen molar-refractivity contribution in [2.45, 2.75) is 6.92 Å². The van der Waals surface area contributed by atoms with Crippen LogP contribution in [0.5, 0.6) is 0 Å². The Morgan fingerprint density at radius 3 is 3.21 bits per heavy atom. The molecule has 0 fully saturated rings. The first-order valence-corrected chi connectivity index (χ1v) is 4.28. The zero-order valence-electron chi connectivity index (χ0n) is 7.65. The van der Waals surface area contributed by atoms with Gasteiger partial charge in [0, 0.05) is 5.39 Å². The Bertz CT molecular complexity index is 464. The number of nitrogens with zero attached hydrogens (tertiary/aromatic N) is 2. The molecule has 2 aromatic heterocycles. The second-order valence-corrected chi connectivity index (χ2v) is 2.72. The largest absolute Gasteiger partial charge is 0.461 e. The summed E-state index contributed by atoms with van der Waals surface area (Å²) in [6, 6.07) is 3.40. The van der Waals surface area contributed by atoms with E-state index in [1.165, 1.54) is 0 Å². The number of carbonyl (C=O) groups excluding carboxylic acids is 1. The molecule has 2 heterocycles. The molecule has 5 heteroatoms. The molecule has 72 valence electrons. The maximum atomic E-state index is 11.3. The molecule has 1 N–H and O–H groups in total. The quantitative estimate of drug-likeness (QED) is 0.722. The third-order valence-corrected chi connectivity index (χ3v) is 1.79. The van der Waals surface area contributed by atoms with Gasteiger partial charge >= 0.3 is 5.97 Å². The van der Waals surface area contributed by atoms with E-state index in [0.29, 0.717) is 17.9 Å². The van der Waals surface area contributed by atoms with Crippen molar-refractivity contribution >= 4 is 17.0 Å². The molecular weight excluding hydrogens is 182 g/mol. The number of H-pyrrole nitrogens is 1. The third kappa shape index (κ3) is 1.44. The van der Waals surface area contributed by atoms with Crippen LogP contribution >= 0.6 is 0 Å². The molecule has 2 rings (SSSR count). The minimum Gasteiger partial charge on any atom is -0.461 e. The van der Waals surface area contributed by atoms with Crippen molar-refractivity contribution in [2.75, 3.05) is 6.61 Å². The minimum atomic E-state index is -0.413. The van der Waals surface area contributed by atoms with E-state index in [0.717, 1.165) is 5.39 Å². The Kier molecular flexibility index (Phi) is 2.14. The maximum absolute atomic E-state index is 11.3. The zero-order chi connectivity index (χ0) is 9.97. The summed E-state index contributed by atoms with van der Waals surface area (Å²) < 4.78 is 4.82. The summed E-state index contributed by atoms with van der Waals surface area (Å²) in [5.74, 6) is -0.413. The number of ether oxygens (including phenoxy) is 1. The highest BCUT2D eigenvalue weighted by atomic mass is 16.5. The van der Waals surface area contributed by atoms with E-state index < -0.39 is 5.97 Å². The Morgan fingerprint density at radius 1 is 1.57 bits per heavy atom. The summed E-state index contributed by atoms with van der Waals surface area (Å²) in [6.07, 6.45) is 1.65. The van der Waals surface area contributed by atoms with Crippen molar-refractivity contribution in [2.24, 2.45) is 0 Å². The van der Waals surface area contributed by atoms with E-state index in [1.54, 1.807) is 25.3 Å². The number of aromatic nitrogens is 3. The molecule has 0 saturated carbocycles. The average Bonchev–Trinajstić information content (AvgIpc) is 2.64. The first-order chi connectivity index (χ1) is 6.81. The van der Waals surface area contributed by atoms with E-state index >= 15 is 0 Å². The lowest BCUT2D eigenvalue weighted by Crippen LogP contribution is -2.06. The minimum absolute atomic E-state index is 0.295. The lowest BCUT2D eigenvalue weighted by atomic mass is 10.3. The predicted octanol–water partition coefficient (Wildman–Crippen LogP) is 1.13. The van der Waals surface area contributed by atoms with Crippen molar-refractivity contribution in [1.82, 2.24) is 15.2 Å². The van der Waals surface area contributed by atoms with Crippen LogP contribution in [-0.2, 0) is 4.74 Å². The van der Waals surface area contributed by atoms with E-state index in [-0.39, 0.29) is 0 Å². The highest BCUT2D eigenvalue weighted by Crippen LogP contribution is 2.08. The second kappa shape index (κ2) is 3.45. The Morgan fingerprint density at radius 2 is 2.43 bits per heavy atom. The number of hydrogen-bond donors (Lipinski definition) is 1. The fourth-order valence-corrected chi connectivity index (χ4v) is 1.15.